The molecular formula is C12H23NO6S2. The molecule has 0 aromatic rings. The fraction of sp³-hybridized carbons (Fsp3) is 0.917. The van der Waals surface area contributed by atoms with Crippen LogP contribution < -0.4 is 4.72 Å². The number of rotatable bonds is 6. The minimum Gasteiger partial charge on any atom is -0.468 e. The van der Waals surface area contributed by atoms with Gasteiger partial charge in [0.25, 0.3) is 0 Å². The molecule has 0 saturated carbocycles. The summed E-state index contributed by atoms with van der Waals surface area (Å²) in [6.07, 6.45) is 0.456. The second-order valence-electron chi connectivity index (χ2n) is 5.72. The predicted molar refractivity (Wildman–Crippen MR) is 79.0 cm³/mol. The Hall–Kier alpha value is -0.670. The SMILES string of the molecule is COC(=O)C(CC(C)C)NS(=O)(=O)C1CCS(=O)(=O)CC1. The maximum absolute atomic E-state index is 12.3. The zero-order chi connectivity index (χ0) is 16.3. The first-order valence-corrected chi connectivity index (χ1v) is 10.2. The van der Waals surface area contributed by atoms with Crippen LogP contribution in [0.3, 0.4) is 0 Å². The van der Waals surface area contributed by atoms with Crippen LogP contribution in [0.1, 0.15) is 33.1 Å². The molecule has 1 atom stereocenters. The number of nitrogens with one attached hydrogen (secondary N) is 1. The van der Waals surface area contributed by atoms with Gasteiger partial charge in [0, 0.05) is 0 Å². The Labute approximate surface area is 126 Å². The highest BCUT2D eigenvalue weighted by Crippen LogP contribution is 2.20. The molecule has 1 heterocycles. The monoisotopic (exact) mass is 341 g/mol. The molecule has 0 aromatic carbocycles. The van der Waals surface area contributed by atoms with Crippen molar-refractivity contribution >= 4 is 25.8 Å². The summed E-state index contributed by atoms with van der Waals surface area (Å²) in [5.41, 5.74) is 0. The zero-order valence-corrected chi connectivity index (χ0v) is 14.2. The van der Waals surface area contributed by atoms with Gasteiger partial charge in [0.2, 0.25) is 10.0 Å². The minimum atomic E-state index is -3.75. The summed E-state index contributed by atoms with van der Waals surface area (Å²) in [6.45, 7) is 3.74. The summed E-state index contributed by atoms with van der Waals surface area (Å²) in [6, 6.07) is -0.932. The van der Waals surface area contributed by atoms with Crippen LogP contribution in [0, 0.1) is 5.92 Å². The summed E-state index contributed by atoms with van der Waals surface area (Å²) in [4.78, 5) is 11.7. The number of hydrogen-bond donors (Lipinski definition) is 1. The van der Waals surface area contributed by atoms with Crippen LogP contribution in [0.25, 0.3) is 0 Å². The molecule has 124 valence electrons. The van der Waals surface area contributed by atoms with Gasteiger partial charge in [-0.25, -0.2) is 21.6 Å². The summed E-state index contributed by atoms with van der Waals surface area (Å²) in [5, 5.41) is -0.777. The van der Waals surface area contributed by atoms with Crippen LogP contribution in [0.5, 0.6) is 0 Å². The first-order valence-electron chi connectivity index (χ1n) is 6.87. The van der Waals surface area contributed by atoms with Crippen molar-refractivity contribution in [3.8, 4) is 0 Å². The highest BCUT2D eigenvalue weighted by atomic mass is 32.2. The lowest BCUT2D eigenvalue weighted by molar-refractivity contribution is -0.143. The van der Waals surface area contributed by atoms with E-state index in [2.05, 4.69) is 9.46 Å². The highest BCUT2D eigenvalue weighted by Gasteiger charge is 2.35. The molecular weight excluding hydrogens is 318 g/mol. The molecule has 0 aromatic heterocycles. The number of esters is 1. The largest absolute Gasteiger partial charge is 0.468 e. The van der Waals surface area contributed by atoms with Crippen molar-refractivity contribution in [1.29, 1.82) is 0 Å². The lowest BCUT2D eigenvalue weighted by Crippen LogP contribution is -2.48. The van der Waals surface area contributed by atoms with E-state index in [1.807, 2.05) is 13.8 Å². The van der Waals surface area contributed by atoms with Gasteiger partial charge in [-0.15, -0.1) is 0 Å². The minimum absolute atomic E-state index is 0.0627. The Kier molecular flexibility index (Phi) is 6.18. The van der Waals surface area contributed by atoms with Gasteiger partial charge in [-0.05, 0) is 25.2 Å². The third-order valence-corrected chi connectivity index (χ3v) is 7.12. The number of ether oxygens (including phenoxy) is 1. The second kappa shape index (κ2) is 7.06. The summed E-state index contributed by atoms with van der Waals surface area (Å²) in [5.74, 6) is -0.781. The maximum Gasteiger partial charge on any atom is 0.323 e. The maximum atomic E-state index is 12.3. The van der Waals surface area contributed by atoms with Crippen molar-refractivity contribution in [3.63, 3.8) is 0 Å². The molecule has 7 nitrogen and oxygen atoms in total. The van der Waals surface area contributed by atoms with Crippen molar-refractivity contribution in [2.45, 2.75) is 44.4 Å². The van der Waals surface area contributed by atoms with E-state index in [0.29, 0.717) is 6.42 Å². The Balaban J connectivity index is 2.79. The molecule has 0 bridgehead atoms. The molecule has 1 N–H and O–H groups in total. The standard InChI is InChI=1S/C12H23NO6S2/c1-9(2)8-11(12(14)19-3)13-21(17,18)10-4-6-20(15,16)7-5-10/h9-11,13H,4-8H2,1-3H3. The second-order valence-corrected chi connectivity index (χ2v) is 10.0. The summed E-state index contributed by atoms with van der Waals surface area (Å²) in [7, 11) is -5.67. The van der Waals surface area contributed by atoms with Gasteiger partial charge >= 0.3 is 5.97 Å². The number of carbonyl (C=O) groups is 1. The first kappa shape index (κ1) is 18.4. The molecule has 0 aliphatic carbocycles. The number of carbonyl (C=O) groups excluding carboxylic acids is 1. The topological polar surface area (TPSA) is 107 Å². The van der Waals surface area contributed by atoms with Gasteiger partial charge in [0.1, 0.15) is 15.9 Å². The highest BCUT2D eigenvalue weighted by molar-refractivity contribution is 7.92. The Bertz CT molecular complexity index is 553. The Morgan fingerprint density at radius 2 is 1.81 bits per heavy atom. The van der Waals surface area contributed by atoms with Crippen molar-refractivity contribution in [2.24, 2.45) is 5.92 Å². The van der Waals surface area contributed by atoms with Crippen molar-refractivity contribution < 1.29 is 26.4 Å². The zero-order valence-electron chi connectivity index (χ0n) is 12.5. The Morgan fingerprint density at radius 3 is 2.24 bits per heavy atom. The van der Waals surface area contributed by atoms with Crippen LogP contribution in [0.15, 0.2) is 0 Å². The summed E-state index contributed by atoms with van der Waals surface area (Å²) >= 11 is 0. The number of sulfone groups is 1. The third-order valence-electron chi connectivity index (χ3n) is 3.44. The predicted octanol–water partition coefficient (Wildman–Crippen LogP) is 0.0707. The van der Waals surface area contributed by atoms with E-state index in [0.717, 1.165) is 0 Å². The molecule has 0 spiro atoms. The molecule has 0 radical (unpaired) electrons. The van der Waals surface area contributed by atoms with Crippen LogP contribution in [-0.4, -0.2) is 52.7 Å². The number of hydrogen-bond acceptors (Lipinski definition) is 6. The Morgan fingerprint density at radius 1 is 1.29 bits per heavy atom. The van der Waals surface area contributed by atoms with Crippen molar-refractivity contribution in [3.05, 3.63) is 0 Å². The smallest absolute Gasteiger partial charge is 0.323 e. The summed E-state index contributed by atoms with van der Waals surface area (Å²) < 4.78 is 54.3. The lowest BCUT2D eigenvalue weighted by atomic mass is 10.1. The van der Waals surface area contributed by atoms with Gasteiger partial charge < -0.3 is 4.74 Å². The molecule has 21 heavy (non-hydrogen) atoms. The molecule has 1 unspecified atom stereocenters. The molecule has 0 amide bonds. The van der Waals surface area contributed by atoms with Crippen molar-refractivity contribution in [2.75, 3.05) is 18.6 Å². The van der Waals surface area contributed by atoms with E-state index in [-0.39, 0.29) is 30.3 Å². The van der Waals surface area contributed by atoms with E-state index in [9.17, 15) is 21.6 Å². The van der Waals surface area contributed by atoms with Gasteiger partial charge in [0.05, 0.1) is 23.9 Å². The van der Waals surface area contributed by atoms with Crippen LogP contribution in [0.2, 0.25) is 0 Å². The average molecular weight is 341 g/mol. The van der Waals surface area contributed by atoms with Gasteiger partial charge in [-0.1, -0.05) is 13.8 Å². The van der Waals surface area contributed by atoms with E-state index in [4.69, 9.17) is 0 Å². The van der Waals surface area contributed by atoms with E-state index in [1.54, 1.807) is 0 Å². The fourth-order valence-corrected chi connectivity index (χ4v) is 5.71. The van der Waals surface area contributed by atoms with Gasteiger partial charge in [0.15, 0.2) is 0 Å². The van der Waals surface area contributed by atoms with Gasteiger partial charge in [-0.3, -0.25) is 4.79 Å². The van der Waals surface area contributed by atoms with Crippen LogP contribution >= 0.6 is 0 Å². The normalized spacial score (nSPS) is 21.1. The number of sulfonamides is 1. The van der Waals surface area contributed by atoms with Crippen LogP contribution in [-0.2, 0) is 29.4 Å². The first-order chi connectivity index (χ1) is 9.57. The van der Waals surface area contributed by atoms with Crippen molar-refractivity contribution in [1.82, 2.24) is 4.72 Å². The van der Waals surface area contributed by atoms with E-state index in [1.165, 1.54) is 7.11 Å². The molecule has 1 aliphatic heterocycles. The van der Waals surface area contributed by atoms with E-state index >= 15 is 0 Å². The fourth-order valence-electron chi connectivity index (χ4n) is 2.28. The average Bonchev–Trinajstić information content (AvgIpc) is 2.35. The molecule has 1 fully saturated rings. The molecule has 1 rings (SSSR count). The third kappa shape index (κ3) is 5.55. The lowest BCUT2D eigenvalue weighted by Gasteiger charge is -2.25. The molecule has 1 aliphatic rings. The van der Waals surface area contributed by atoms with Gasteiger partial charge in [-0.2, -0.15) is 0 Å². The molecule has 9 heteroatoms. The quantitative estimate of drug-likeness (QED) is 0.685. The number of methoxy groups -OCH3 is 1. The van der Waals surface area contributed by atoms with Crippen LogP contribution in [0.4, 0.5) is 0 Å². The van der Waals surface area contributed by atoms with E-state index < -0.39 is 37.1 Å². The molecule has 1 saturated heterocycles.